The van der Waals surface area contributed by atoms with Gasteiger partial charge < -0.3 is 15.5 Å². The van der Waals surface area contributed by atoms with Crippen LogP contribution in [0.4, 0.5) is 5.69 Å². The Hall–Kier alpha value is -1.63. The van der Waals surface area contributed by atoms with Gasteiger partial charge in [-0.25, -0.2) is 10.1 Å². The molecule has 0 amide bonds. The molecule has 0 spiro atoms. The second-order valence-electron chi connectivity index (χ2n) is 4.49. The largest absolute Gasteiger partial charge is 0.369 e. The van der Waals surface area contributed by atoms with Gasteiger partial charge in [-0.2, -0.15) is 0 Å². The molecule has 0 bridgehead atoms. The molecule has 2 aliphatic rings. The zero-order valence-electron chi connectivity index (χ0n) is 10.4. The molecule has 0 aliphatic carbocycles. The van der Waals surface area contributed by atoms with Crippen molar-refractivity contribution in [3.63, 3.8) is 0 Å². The minimum atomic E-state index is 0.375. The maximum atomic E-state index is 5.90. The fourth-order valence-corrected chi connectivity index (χ4v) is 2.36. The maximum absolute atomic E-state index is 5.90. The monoisotopic (exact) mass is 281 g/mol. The average molecular weight is 282 g/mol. The molecule has 0 radical (unpaired) electrons. The number of hydrazine groups is 2. The third-order valence-electron chi connectivity index (χ3n) is 3.26. The predicted molar refractivity (Wildman–Crippen MR) is 73.6 cm³/mol. The number of nitrogens with one attached hydrogen (secondary N) is 1. The topological polar surface area (TPSA) is 57.0 Å². The molecule has 102 valence electrons. The average Bonchev–Trinajstić information content (AvgIpc) is 2.87. The Labute approximate surface area is 116 Å². The number of benzene rings is 1. The van der Waals surface area contributed by atoms with Crippen molar-refractivity contribution in [2.75, 3.05) is 31.1 Å². The van der Waals surface area contributed by atoms with Crippen molar-refractivity contribution >= 4 is 17.3 Å². The molecule has 3 rings (SSSR count). The van der Waals surface area contributed by atoms with Gasteiger partial charge in [-0.3, -0.25) is 0 Å². The summed E-state index contributed by atoms with van der Waals surface area (Å²) in [6, 6.07) is 7.94. The van der Waals surface area contributed by atoms with Crippen molar-refractivity contribution in [1.82, 2.24) is 15.7 Å². The van der Waals surface area contributed by atoms with E-state index in [4.69, 9.17) is 22.2 Å². The van der Waals surface area contributed by atoms with Crippen molar-refractivity contribution in [3.05, 3.63) is 41.4 Å². The van der Waals surface area contributed by atoms with Gasteiger partial charge in [0.25, 0.3) is 0 Å². The molecule has 0 saturated carbocycles. The first kappa shape index (κ1) is 12.4. The SMILES string of the molecule is NC1=CN(N2CCN(c3ccc(Cl)cc3)CC2)NO1. The van der Waals surface area contributed by atoms with E-state index in [0.717, 1.165) is 31.2 Å². The van der Waals surface area contributed by atoms with Gasteiger partial charge in [0.05, 0.1) is 6.20 Å². The van der Waals surface area contributed by atoms with Crippen LogP contribution in [0.5, 0.6) is 0 Å². The summed E-state index contributed by atoms with van der Waals surface area (Å²) < 4.78 is 0. The number of rotatable bonds is 2. The van der Waals surface area contributed by atoms with Crippen molar-refractivity contribution in [1.29, 1.82) is 0 Å². The van der Waals surface area contributed by atoms with Gasteiger partial charge in [0.15, 0.2) is 0 Å². The van der Waals surface area contributed by atoms with E-state index in [1.54, 1.807) is 11.3 Å². The van der Waals surface area contributed by atoms with Gasteiger partial charge in [0.1, 0.15) is 0 Å². The van der Waals surface area contributed by atoms with Crippen LogP contribution in [0.2, 0.25) is 5.02 Å². The third kappa shape index (κ3) is 2.70. The van der Waals surface area contributed by atoms with E-state index in [1.807, 2.05) is 24.3 Å². The van der Waals surface area contributed by atoms with Crippen LogP contribution in [-0.2, 0) is 4.84 Å². The zero-order valence-corrected chi connectivity index (χ0v) is 11.2. The van der Waals surface area contributed by atoms with Crippen LogP contribution in [0, 0.1) is 0 Å². The van der Waals surface area contributed by atoms with E-state index >= 15 is 0 Å². The zero-order chi connectivity index (χ0) is 13.2. The van der Waals surface area contributed by atoms with Gasteiger partial charge in [-0.15, -0.1) is 0 Å². The molecule has 7 heteroatoms. The highest BCUT2D eigenvalue weighted by Crippen LogP contribution is 2.20. The van der Waals surface area contributed by atoms with Crippen LogP contribution in [0.25, 0.3) is 0 Å². The quantitative estimate of drug-likeness (QED) is 0.840. The second-order valence-corrected chi connectivity index (χ2v) is 4.92. The van der Waals surface area contributed by atoms with Crippen LogP contribution < -0.4 is 16.2 Å². The molecule has 1 fully saturated rings. The molecule has 1 aromatic carbocycles. The third-order valence-corrected chi connectivity index (χ3v) is 3.51. The molecular formula is C12H16ClN5O. The lowest BCUT2D eigenvalue weighted by Crippen LogP contribution is -2.54. The Balaban J connectivity index is 1.59. The first-order valence-electron chi connectivity index (χ1n) is 6.17. The fraction of sp³-hybridized carbons (Fsp3) is 0.333. The molecule has 1 saturated heterocycles. The van der Waals surface area contributed by atoms with Crippen LogP contribution in [-0.4, -0.2) is 36.3 Å². The van der Waals surface area contributed by atoms with Crippen LogP contribution >= 0.6 is 11.6 Å². The Morgan fingerprint density at radius 2 is 1.79 bits per heavy atom. The molecule has 2 heterocycles. The summed E-state index contributed by atoms with van der Waals surface area (Å²) in [5.74, 6) is 0.375. The first-order valence-corrected chi connectivity index (χ1v) is 6.54. The second kappa shape index (κ2) is 5.16. The number of anilines is 1. The van der Waals surface area contributed by atoms with E-state index in [2.05, 4.69) is 15.5 Å². The Morgan fingerprint density at radius 3 is 2.37 bits per heavy atom. The van der Waals surface area contributed by atoms with Gasteiger partial charge >= 0.3 is 0 Å². The molecule has 1 aromatic rings. The van der Waals surface area contributed by atoms with E-state index in [9.17, 15) is 0 Å². The van der Waals surface area contributed by atoms with Gasteiger partial charge in [-0.05, 0) is 29.9 Å². The van der Waals surface area contributed by atoms with E-state index in [0.29, 0.717) is 5.88 Å². The predicted octanol–water partition coefficient (Wildman–Crippen LogP) is 0.886. The highest BCUT2D eigenvalue weighted by Gasteiger charge is 2.23. The smallest absolute Gasteiger partial charge is 0.231 e. The molecule has 0 unspecified atom stereocenters. The van der Waals surface area contributed by atoms with Crippen molar-refractivity contribution < 1.29 is 4.84 Å². The van der Waals surface area contributed by atoms with Crippen molar-refractivity contribution in [2.24, 2.45) is 5.73 Å². The first-order chi connectivity index (χ1) is 9.22. The summed E-state index contributed by atoms with van der Waals surface area (Å²) in [6.07, 6.45) is 1.73. The lowest BCUT2D eigenvalue weighted by Gasteiger charge is -2.38. The lowest BCUT2D eigenvalue weighted by atomic mass is 10.2. The van der Waals surface area contributed by atoms with Gasteiger partial charge in [-0.1, -0.05) is 11.6 Å². The minimum absolute atomic E-state index is 0.375. The highest BCUT2D eigenvalue weighted by molar-refractivity contribution is 6.30. The van der Waals surface area contributed by atoms with E-state index in [1.165, 1.54) is 5.69 Å². The van der Waals surface area contributed by atoms with Gasteiger partial charge in [0, 0.05) is 36.9 Å². The number of hydrogen-bond acceptors (Lipinski definition) is 6. The molecule has 0 atom stereocenters. The number of hydrogen-bond donors (Lipinski definition) is 2. The number of nitrogens with zero attached hydrogens (tertiary/aromatic N) is 3. The molecule has 6 nitrogen and oxygen atoms in total. The number of piperazine rings is 1. The molecule has 3 N–H and O–H groups in total. The maximum Gasteiger partial charge on any atom is 0.231 e. The normalized spacial score (nSPS) is 20.4. The van der Waals surface area contributed by atoms with Crippen molar-refractivity contribution in [3.8, 4) is 0 Å². The summed E-state index contributed by atoms with van der Waals surface area (Å²) in [6.45, 7) is 3.66. The number of halogens is 1. The molecular weight excluding hydrogens is 266 g/mol. The minimum Gasteiger partial charge on any atom is -0.369 e. The van der Waals surface area contributed by atoms with Crippen molar-refractivity contribution in [2.45, 2.75) is 0 Å². The standard InChI is InChI=1S/C12H16ClN5O/c13-10-1-3-11(4-2-10)16-5-7-17(8-6-16)18-9-12(14)19-15-18/h1-4,9,15H,5-8,14H2. The highest BCUT2D eigenvalue weighted by atomic mass is 35.5. The molecule has 0 aromatic heterocycles. The number of nitrogens with two attached hydrogens (primary N) is 1. The Morgan fingerprint density at radius 1 is 1.11 bits per heavy atom. The summed E-state index contributed by atoms with van der Waals surface area (Å²) in [7, 11) is 0. The lowest BCUT2D eigenvalue weighted by molar-refractivity contribution is -0.110. The van der Waals surface area contributed by atoms with Crippen LogP contribution in [0.1, 0.15) is 0 Å². The molecule has 2 aliphatic heterocycles. The van der Waals surface area contributed by atoms with Crippen LogP contribution in [0.15, 0.2) is 36.3 Å². The summed E-state index contributed by atoms with van der Waals surface area (Å²) >= 11 is 5.90. The fourth-order valence-electron chi connectivity index (χ4n) is 2.23. The van der Waals surface area contributed by atoms with E-state index in [-0.39, 0.29) is 0 Å². The summed E-state index contributed by atoms with van der Waals surface area (Å²) in [5.41, 5.74) is 9.49. The van der Waals surface area contributed by atoms with E-state index < -0.39 is 0 Å². The summed E-state index contributed by atoms with van der Waals surface area (Å²) in [4.78, 5) is 7.32. The van der Waals surface area contributed by atoms with Crippen LogP contribution in [0.3, 0.4) is 0 Å². The Bertz CT molecular complexity index is 470. The molecule has 19 heavy (non-hydrogen) atoms. The Kier molecular flexibility index (Phi) is 3.37. The summed E-state index contributed by atoms with van der Waals surface area (Å²) in [5, 5.41) is 4.70. The van der Waals surface area contributed by atoms with Gasteiger partial charge in [0.2, 0.25) is 5.88 Å².